The standard InChI is InChI=1S/C13H20N2O3S/c1-3-14-10-4-6-13(7-5-10)19(16,17)15-11-8-12(9-11)18-2/h4-7,11-12,14-15H,3,8-9H2,1-2H3. The average molecular weight is 284 g/mol. The molecule has 1 aliphatic rings. The first-order valence-electron chi connectivity index (χ1n) is 6.44. The number of hydrogen-bond donors (Lipinski definition) is 2. The van der Waals surface area contributed by atoms with Gasteiger partial charge in [-0.25, -0.2) is 13.1 Å². The molecule has 2 N–H and O–H groups in total. The number of rotatable bonds is 6. The third kappa shape index (κ3) is 3.46. The molecule has 5 nitrogen and oxygen atoms in total. The molecule has 0 radical (unpaired) electrons. The maximum Gasteiger partial charge on any atom is 0.240 e. The van der Waals surface area contributed by atoms with Gasteiger partial charge in [0.1, 0.15) is 0 Å². The van der Waals surface area contributed by atoms with Crippen LogP contribution in [0.3, 0.4) is 0 Å². The lowest BCUT2D eigenvalue weighted by molar-refractivity contribution is 0.0236. The van der Waals surface area contributed by atoms with Crippen molar-refractivity contribution in [1.29, 1.82) is 0 Å². The Morgan fingerprint density at radius 2 is 1.89 bits per heavy atom. The molecule has 0 heterocycles. The zero-order valence-electron chi connectivity index (χ0n) is 11.2. The Morgan fingerprint density at radius 3 is 2.42 bits per heavy atom. The van der Waals surface area contributed by atoms with E-state index in [9.17, 15) is 8.42 Å². The number of methoxy groups -OCH3 is 1. The molecular weight excluding hydrogens is 264 g/mol. The second kappa shape index (κ2) is 5.90. The first-order chi connectivity index (χ1) is 9.05. The quantitative estimate of drug-likeness (QED) is 0.832. The molecule has 1 fully saturated rings. The molecule has 0 bridgehead atoms. The fourth-order valence-corrected chi connectivity index (χ4v) is 3.36. The Bertz CT molecular complexity index is 507. The molecule has 106 valence electrons. The first-order valence-corrected chi connectivity index (χ1v) is 7.92. The Morgan fingerprint density at radius 1 is 1.26 bits per heavy atom. The monoisotopic (exact) mass is 284 g/mol. The summed E-state index contributed by atoms with van der Waals surface area (Å²) in [4.78, 5) is 0.301. The minimum Gasteiger partial charge on any atom is -0.385 e. The summed E-state index contributed by atoms with van der Waals surface area (Å²) in [5.41, 5.74) is 0.921. The van der Waals surface area contributed by atoms with Crippen molar-refractivity contribution in [3.63, 3.8) is 0 Å². The molecule has 0 amide bonds. The predicted octanol–water partition coefficient (Wildman–Crippen LogP) is 1.57. The molecule has 1 saturated carbocycles. The van der Waals surface area contributed by atoms with Gasteiger partial charge in [0, 0.05) is 25.4 Å². The highest BCUT2D eigenvalue weighted by atomic mass is 32.2. The van der Waals surface area contributed by atoms with Crippen LogP contribution in [0.5, 0.6) is 0 Å². The van der Waals surface area contributed by atoms with E-state index in [4.69, 9.17) is 4.74 Å². The second-order valence-corrected chi connectivity index (χ2v) is 6.42. The molecule has 6 heteroatoms. The SMILES string of the molecule is CCNc1ccc(S(=O)(=O)NC2CC(OC)C2)cc1. The fourth-order valence-electron chi connectivity index (χ4n) is 2.10. The van der Waals surface area contributed by atoms with Gasteiger partial charge >= 0.3 is 0 Å². The van der Waals surface area contributed by atoms with E-state index >= 15 is 0 Å². The highest BCUT2D eigenvalue weighted by Gasteiger charge is 2.32. The van der Waals surface area contributed by atoms with Gasteiger partial charge < -0.3 is 10.1 Å². The normalized spacial score (nSPS) is 22.8. The first kappa shape index (κ1) is 14.3. The maximum absolute atomic E-state index is 12.1. The second-order valence-electron chi connectivity index (χ2n) is 4.70. The molecule has 0 spiro atoms. The Hall–Kier alpha value is -1.11. The zero-order valence-corrected chi connectivity index (χ0v) is 12.0. The topological polar surface area (TPSA) is 67.4 Å². The summed E-state index contributed by atoms with van der Waals surface area (Å²) in [6, 6.07) is 6.77. The molecule has 1 aromatic rings. The number of ether oxygens (including phenoxy) is 1. The van der Waals surface area contributed by atoms with Crippen LogP contribution in [0.2, 0.25) is 0 Å². The lowest BCUT2D eigenvalue weighted by Gasteiger charge is -2.34. The third-order valence-corrected chi connectivity index (χ3v) is 4.83. The van der Waals surface area contributed by atoms with Gasteiger partial charge in [0.25, 0.3) is 0 Å². The van der Waals surface area contributed by atoms with Crippen molar-refractivity contribution >= 4 is 15.7 Å². The fraction of sp³-hybridized carbons (Fsp3) is 0.538. The third-order valence-electron chi connectivity index (χ3n) is 3.30. The van der Waals surface area contributed by atoms with Gasteiger partial charge in [-0.2, -0.15) is 0 Å². The van der Waals surface area contributed by atoms with Crippen LogP contribution in [-0.2, 0) is 14.8 Å². The molecule has 0 aromatic heterocycles. The Balaban J connectivity index is 1.99. The minimum atomic E-state index is -3.42. The van der Waals surface area contributed by atoms with Gasteiger partial charge in [0.2, 0.25) is 10.0 Å². The Labute approximate surface area is 114 Å². The number of sulfonamides is 1. The van der Waals surface area contributed by atoms with Crippen molar-refractivity contribution in [3.8, 4) is 0 Å². The minimum absolute atomic E-state index is 0.0107. The molecule has 0 aliphatic heterocycles. The smallest absolute Gasteiger partial charge is 0.240 e. The summed E-state index contributed by atoms with van der Waals surface area (Å²) < 4.78 is 32.1. The van der Waals surface area contributed by atoms with Crippen molar-refractivity contribution in [2.24, 2.45) is 0 Å². The number of benzene rings is 1. The Kier molecular flexibility index (Phi) is 4.44. The van der Waals surface area contributed by atoms with E-state index in [0.29, 0.717) is 4.90 Å². The predicted molar refractivity (Wildman–Crippen MR) is 74.7 cm³/mol. The van der Waals surface area contributed by atoms with Crippen molar-refractivity contribution in [2.75, 3.05) is 19.0 Å². The highest BCUT2D eigenvalue weighted by molar-refractivity contribution is 7.89. The molecule has 0 saturated heterocycles. The molecule has 1 aliphatic carbocycles. The molecule has 19 heavy (non-hydrogen) atoms. The van der Waals surface area contributed by atoms with Gasteiger partial charge in [-0.3, -0.25) is 0 Å². The van der Waals surface area contributed by atoms with E-state index in [-0.39, 0.29) is 12.1 Å². The van der Waals surface area contributed by atoms with E-state index in [0.717, 1.165) is 25.1 Å². The van der Waals surface area contributed by atoms with Crippen LogP contribution >= 0.6 is 0 Å². The van der Waals surface area contributed by atoms with Crippen LogP contribution in [-0.4, -0.2) is 34.2 Å². The van der Waals surface area contributed by atoms with E-state index < -0.39 is 10.0 Å². The summed E-state index contributed by atoms with van der Waals surface area (Å²) in [6.07, 6.45) is 1.67. The van der Waals surface area contributed by atoms with Crippen LogP contribution in [0.1, 0.15) is 19.8 Å². The summed E-state index contributed by atoms with van der Waals surface area (Å²) in [6.45, 7) is 2.81. The molecule has 1 aromatic carbocycles. The summed E-state index contributed by atoms with van der Waals surface area (Å²) >= 11 is 0. The molecule has 0 unspecified atom stereocenters. The average Bonchev–Trinajstić information content (AvgIpc) is 2.34. The molecular formula is C13H20N2O3S. The van der Waals surface area contributed by atoms with Gasteiger partial charge in [-0.1, -0.05) is 0 Å². The van der Waals surface area contributed by atoms with E-state index in [2.05, 4.69) is 10.0 Å². The van der Waals surface area contributed by atoms with Crippen molar-refractivity contribution < 1.29 is 13.2 Å². The van der Waals surface area contributed by atoms with E-state index in [1.54, 1.807) is 31.4 Å². The van der Waals surface area contributed by atoms with E-state index in [1.165, 1.54) is 0 Å². The van der Waals surface area contributed by atoms with Crippen LogP contribution in [0.15, 0.2) is 29.2 Å². The number of anilines is 1. The van der Waals surface area contributed by atoms with Gasteiger partial charge in [0.15, 0.2) is 0 Å². The lowest BCUT2D eigenvalue weighted by atomic mass is 9.90. The summed E-state index contributed by atoms with van der Waals surface area (Å²) in [5.74, 6) is 0. The van der Waals surface area contributed by atoms with Crippen LogP contribution < -0.4 is 10.0 Å². The summed E-state index contributed by atoms with van der Waals surface area (Å²) in [7, 11) is -1.77. The van der Waals surface area contributed by atoms with E-state index in [1.807, 2.05) is 6.92 Å². The number of hydrogen-bond acceptors (Lipinski definition) is 4. The van der Waals surface area contributed by atoms with Crippen LogP contribution in [0, 0.1) is 0 Å². The van der Waals surface area contributed by atoms with Crippen molar-refractivity contribution in [2.45, 2.75) is 36.8 Å². The van der Waals surface area contributed by atoms with Crippen LogP contribution in [0.25, 0.3) is 0 Å². The number of nitrogens with one attached hydrogen (secondary N) is 2. The van der Waals surface area contributed by atoms with Gasteiger partial charge in [-0.15, -0.1) is 0 Å². The van der Waals surface area contributed by atoms with Crippen molar-refractivity contribution in [3.05, 3.63) is 24.3 Å². The molecule has 2 rings (SSSR count). The van der Waals surface area contributed by atoms with Gasteiger partial charge in [-0.05, 0) is 44.0 Å². The maximum atomic E-state index is 12.1. The lowest BCUT2D eigenvalue weighted by Crippen LogP contribution is -2.47. The molecule has 0 atom stereocenters. The van der Waals surface area contributed by atoms with Gasteiger partial charge in [0.05, 0.1) is 11.0 Å². The largest absolute Gasteiger partial charge is 0.385 e. The van der Waals surface area contributed by atoms with Crippen molar-refractivity contribution in [1.82, 2.24) is 4.72 Å². The zero-order chi connectivity index (χ0) is 13.9. The van der Waals surface area contributed by atoms with Crippen LogP contribution in [0.4, 0.5) is 5.69 Å². The summed E-state index contributed by atoms with van der Waals surface area (Å²) in [5, 5.41) is 3.13. The highest BCUT2D eigenvalue weighted by Crippen LogP contribution is 2.24.